The summed E-state index contributed by atoms with van der Waals surface area (Å²) >= 11 is 1.41. The molecular weight excluding hydrogens is 474 g/mol. The van der Waals surface area contributed by atoms with Gasteiger partial charge in [0.15, 0.2) is 11.8 Å². The van der Waals surface area contributed by atoms with Crippen molar-refractivity contribution in [3.05, 3.63) is 119 Å². The summed E-state index contributed by atoms with van der Waals surface area (Å²) in [6.07, 6.45) is -0.544. The molecule has 0 spiro atoms. The number of hydrogen-bond acceptors (Lipinski definition) is 6. The third kappa shape index (κ3) is 4.78. The zero-order valence-corrected chi connectivity index (χ0v) is 20.2. The smallest absolute Gasteiger partial charge is 0.357 e. The molecule has 0 bridgehead atoms. The lowest BCUT2D eigenvalue weighted by Gasteiger charge is -2.48. The van der Waals surface area contributed by atoms with Crippen LogP contribution in [0.3, 0.4) is 0 Å². The van der Waals surface area contributed by atoms with Gasteiger partial charge in [-0.1, -0.05) is 91.0 Å². The van der Waals surface area contributed by atoms with Gasteiger partial charge >= 0.3 is 5.97 Å². The highest BCUT2D eigenvalue weighted by Gasteiger charge is 2.52. The molecule has 2 heterocycles. The highest BCUT2D eigenvalue weighted by Crippen LogP contribution is 2.40. The van der Waals surface area contributed by atoms with E-state index in [1.165, 1.54) is 16.7 Å². The van der Waals surface area contributed by atoms with Gasteiger partial charge in [0.2, 0.25) is 11.8 Å². The van der Waals surface area contributed by atoms with Crippen LogP contribution < -0.4 is 11.1 Å². The molecule has 0 saturated carbocycles. The van der Waals surface area contributed by atoms with Gasteiger partial charge in [-0.25, -0.2) is 4.79 Å². The number of β-lactam (4-membered cyclic amide) rings is 1. The number of fused-ring (bicyclic) bond motifs is 1. The zero-order valence-electron chi connectivity index (χ0n) is 19.4. The summed E-state index contributed by atoms with van der Waals surface area (Å²) in [5.74, 6) is -1.01. The molecule has 2 atom stereocenters. The van der Waals surface area contributed by atoms with Gasteiger partial charge in [0, 0.05) is 5.75 Å². The Morgan fingerprint density at radius 1 is 0.944 bits per heavy atom. The Labute approximate surface area is 213 Å². The van der Waals surface area contributed by atoms with Gasteiger partial charge < -0.3 is 15.8 Å². The number of benzene rings is 3. The van der Waals surface area contributed by atoms with Gasteiger partial charge in [-0.2, -0.15) is 0 Å². The van der Waals surface area contributed by atoms with Crippen molar-refractivity contribution in [2.24, 2.45) is 5.73 Å². The first-order chi connectivity index (χ1) is 17.5. The number of carbonyl (C=O) groups excluding carboxylic acids is 3. The molecule has 5 rings (SSSR count). The quantitative estimate of drug-likeness (QED) is 0.383. The SMILES string of the molecule is NC1C(=O)N2C(C(=O)OC(c3ccccc3)c3ccccc3)=C(NC(=O)Cc3ccccc3)CS[C@@H]12. The Balaban J connectivity index is 1.46. The Morgan fingerprint density at radius 3 is 2.08 bits per heavy atom. The Kier molecular flexibility index (Phi) is 6.88. The number of carbonyl (C=O) groups is 3. The van der Waals surface area contributed by atoms with E-state index < -0.39 is 18.1 Å². The van der Waals surface area contributed by atoms with Crippen molar-refractivity contribution < 1.29 is 19.1 Å². The Bertz CT molecular complexity index is 1260. The van der Waals surface area contributed by atoms with E-state index in [2.05, 4.69) is 5.32 Å². The summed E-state index contributed by atoms with van der Waals surface area (Å²) < 4.78 is 6.04. The maximum atomic E-state index is 13.7. The fourth-order valence-electron chi connectivity index (χ4n) is 4.34. The second-order valence-electron chi connectivity index (χ2n) is 8.58. The fraction of sp³-hybridized carbons (Fsp3) is 0.179. The molecule has 1 unspecified atom stereocenters. The summed E-state index contributed by atoms with van der Waals surface area (Å²) in [6, 6.07) is 27.4. The highest BCUT2D eigenvalue weighted by molar-refractivity contribution is 8.00. The number of hydrogen-bond donors (Lipinski definition) is 2. The van der Waals surface area contributed by atoms with Crippen LogP contribution in [0.2, 0.25) is 0 Å². The molecule has 36 heavy (non-hydrogen) atoms. The number of esters is 1. The predicted molar refractivity (Wildman–Crippen MR) is 137 cm³/mol. The van der Waals surface area contributed by atoms with Crippen molar-refractivity contribution >= 4 is 29.5 Å². The molecule has 1 fully saturated rings. The first-order valence-corrected chi connectivity index (χ1v) is 12.7. The maximum absolute atomic E-state index is 13.7. The Morgan fingerprint density at radius 2 is 1.50 bits per heavy atom. The molecule has 2 aliphatic heterocycles. The van der Waals surface area contributed by atoms with E-state index in [1.54, 1.807) is 0 Å². The molecule has 1 saturated heterocycles. The van der Waals surface area contributed by atoms with Gasteiger partial charge in [0.25, 0.3) is 0 Å². The lowest BCUT2D eigenvalue weighted by Crippen LogP contribution is -2.69. The second-order valence-corrected chi connectivity index (χ2v) is 9.69. The minimum Gasteiger partial charge on any atom is -0.448 e. The van der Waals surface area contributed by atoms with Crippen LogP contribution >= 0.6 is 11.8 Å². The molecule has 0 aromatic heterocycles. The van der Waals surface area contributed by atoms with E-state index in [0.29, 0.717) is 11.4 Å². The maximum Gasteiger partial charge on any atom is 0.357 e. The molecule has 182 valence electrons. The number of nitrogens with zero attached hydrogens (tertiary/aromatic N) is 1. The number of ether oxygens (including phenoxy) is 1. The summed E-state index contributed by atoms with van der Waals surface area (Å²) in [6.45, 7) is 0. The minimum atomic E-state index is -0.696. The standard InChI is InChI=1S/C28H25N3O4S/c29-23-26(33)31-24(21(17-36-27(23)31)30-22(32)16-18-10-4-1-5-11-18)28(34)35-25(19-12-6-2-7-13-19)20-14-8-3-9-15-20/h1-15,23,25,27H,16-17,29H2,(H,30,32)/t23?,27-/m0/s1. The molecule has 0 radical (unpaired) electrons. The van der Waals surface area contributed by atoms with Crippen LogP contribution in [0.4, 0.5) is 0 Å². The van der Waals surface area contributed by atoms with Crippen LogP contribution in [0.1, 0.15) is 22.8 Å². The van der Waals surface area contributed by atoms with Crippen LogP contribution in [0, 0.1) is 0 Å². The van der Waals surface area contributed by atoms with Gasteiger partial charge in [-0.15, -0.1) is 11.8 Å². The number of amides is 2. The number of nitrogens with two attached hydrogens (primary N) is 1. The van der Waals surface area contributed by atoms with Crippen molar-refractivity contribution in [1.29, 1.82) is 0 Å². The molecule has 2 amide bonds. The lowest BCUT2D eigenvalue weighted by molar-refractivity contribution is -0.153. The van der Waals surface area contributed by atoms with Crippen molar-refractivity contribution in [2.75, 3.05) is 5.75 Å². The first-order valence-electron chi connectivity index (χ1n) is 11.6. The van der Waals surface area contributed by atoms with E-state index >= 15 is 0 Å². The molecule has 3 aromatic rings. The molecule has 2 aliphatic rings. The van der Waals surface area contributed by atoms with Crippen molar-refractivity contribution in [3.63, 3.8) is 0 Å². The third-order valence-corrected chi connectivity index (χ3v) is 7.43. The molecule has 8 heteroatoms. The molecular formula is C28H25N3O4S. The monoisotopic (exact) mass is 499 g/mol. The first kappa shape index (κ1) is 23.8. The molecule has 3 aromatic carbocycles. The van der Waals surface area contributed by atoms with E-state index in [0.717, 1.165) is 16.7 Å². The second kappa shape index (κ2) is 10.4. The highest BCUT2D eigenvalue weighted by atomic mass is 32.2. The molecule has 0 aliphatic carbocycles. The van der Waals surface area contributed by atoms with Crippen molar-refractivity contribution in [2.45, 2.75) is 23.9 Å². The topological polar surface area (TPSA) is 102 Å². The van der Waals surface area contributed by atoms with Gasteiger partial charge in [-0.3, -0.25) is 14.5 Å². The van der Waals surface area contributed by atoms with Crippen LogP contribution in [0.25, 0.3) is 0 Å². The van der Waals surface area contributed by atoms with E-state index in [-0.39, 0.29) is 29.3 Å². The normalized spacial score (nSPS) is 18.9. The lowest BCUT2D eigenvalue weighted by atomic mass is 10.0. The Hall–Kier alpha value is -3.88. The van der Waals surface area contributed by atoms with Crippen LogP contribution in [-0.2, 0) is 25.5 Å². The predicted octanol–water partition coefficient (Wildman–Crippen LogP) is 3.13. The molecule has 7 nitrogen and oxygen atoms in total. The number of thioether (sulfide) groups is 1. The van der Waals surface area contributed by atoms with E-state index in [9.17, 15) is 14.4 Å². The summed E-state index contributed by atoms with van der Waals surface area (Å²) in [5, 5.41) is 2.48. The van der Waals surface area contributed by atoms with Gasteiger partial charge in [0.05, 0.1) is 12.1 Å². The van der Waals surface area contributed by atoms with Crippen LogP contribution in [0.5, 0.6) is 0 Å². The summed E-state index contributed by atoms with van der Waals surface area (Å²) in [4.78, 5) is 40.5. The summed E-state index contributed by atoms with van der Waals surface area (Å²) in [7, 11) is 0. The van der Waals surface area contributed by atoms with Crippen LogP contribution in [-0.4, -0.2) is 39.9 Å². The van der Waals surface area contributed by atoms with E-state index in [4.69, 9.17) is 10.5 Å². The molecule has 3 N–H and O–H groups in total. The minimum absolute atomic E-state index is 0.0451. The average Bonchev–Trinajstić information content (AvgIpc) is 2.92. The number of nitrogens with one attached hydrogen (secondary N) is 1. The van der Waals surface area contributed by atoms with Crippen LogP contribution in [0.15, 0.2) is 102 Å². The van der Waals surface area contributed by atoms with Crippen molar-refractivity contribution in [3.8, 4) is 0 Å². The largest absolute Gasteiger partial charge is 0.448 e. The third-order valence-electron chi connectivity index (χ3n) is 6.13. The van der Waals surface area contributed by atoms with Crippen molar-refractivity contribution in [1.82, 2.24) is 10.2 Å². The average molecular weight is 500 g/mol. The number of rotatable bonds is 7. The van der Waals surface area contributed by atoms with Gasteiger partial charge in [-0.05, 0) is 16.7 Å². The van der Waals surface area contributed by atoms with E-state index in [1.807, 2.05) is 91.0 Å². The summed E-state index contributed by atoms with van der Waals surface area (Å²) in [5.41, 5.74) is 8.82. The van der Waals surface area contributed by atoms with Gasteiger partial charge in [0.1, 0.15) is 11.4 Å². The fourth-order valence-corrected chi connectivity index (χ4v) is 5.57. The zero-order chi connectivity index (χ0) is 25.1.